The van der Waals surface area contributed by atoms with Gasteiger partial charge in [0, 0.05) is 6.54 Å². The molecule has 0 bridgehead atoms. The first-order valence-corrected chi connectivity index (χ1v) is 8.05. The predicted molar refractivity (Wildman–Crippen MR) is 84.5 cm³/mol. The molecule has 1 aliphatic carbocycles. The third-order valence-corrected chi connectivity index (χ3v) is 4.62. The zero-order valence-electron chi connectivity index (χ0n) is 13.5. The van der Waals surface area contributed by atoms with Crippen molar-refractivity contribution in [3.8, 4) is 0 Å². The normalized spacial score (nSPS) is 23.3. The average molecular weight is 333 g/mol. The summed E-state index contributed by atoms with van der Waals surface area (Å²) < 4.78 is 13.1. The number of hydrogen-bond donors (Lipinski definition) is 2. The summed E-state index contributed by atoms with van der Waals surface area (Å²) in [6.45, 7) is 1.73. The van der Waals surface area contributed by atoms with E-state index in [1.54, 1.807) is 19.1 Å². The van der Waals surface area contributed by atoms with Crippen molar-refractivity contribution in [2.75, 3.05) is 13.1 Å². The lowest BCUT2D eigenvalue weighted by atomic mass is 9.96. The number of urea groups is 1. The minimum atomic E-state index is -0.876. The minimum absolute atomic E-state index is 0.162. The number of carbonyl (C=O) groups excluding carboxylic acids is 3. The molecule has 0 radical (unpaired) electrons. The maximum absolute atomic E-state index is 13.1. The molecule has 6 nitrogen and oxygen atoms in total. The summed E-state index contributed by atoms with van der Waals surface area (Å²) in [6, 6.07) is 5.63. The van der Waals surface area contributed by atoms with Gasteiger partial charge in [0.05, 0.1) is 0 Å². The number of rotatable bonds is 6. The van der Waals surface area contributed by atoms with Gasteiger partial charge in [-0.3, -0.25) is 14.5 Å². The monoisotopic (exact) mass is 333 g/mol. The van der Waals surface area contributed by atoms with Crippen LogP contribution in [0.25, 0.3) is 0 Å². The number of halogens is 1. The highest BCUT2D eigenvalue weighted by molar-refractivity contribution is 6.09. The van der Waals surface area contributed by atoms with E-state index in [0.717, 1.165) is 23.3 Å². The molecule has 128 valence electrons. The van der Waals surface area contributed by atoms with Crippen LogP contribution in [0.2, 0.25) is 0 Å². The number of amides is 4. The van der Waals surface area contributed by atoms with E-state index < -0.39 is 17.5 Å². The fourth-order valence-corrected chi connectivity index (χ4v) is 3.03. The van der Waals surface area contributed by atoms with E-state index in [-0.39, 0.29) is 24.2 Å². The van der Waals surface area contributed by atoms with Crippen LogP contribution in [-0.2, 0) is 16.0 Å². The molecule has 1 saturated carbocycles. The lowest BCUT2D eigenvalue weighted by Gasteiger charge is -2.20. The van der Waals surface area contributed by atoms with Crippen LogP contribution in [0, 0.1) is 11.7 Å². The second kappa shape index (κ2) is 6.22. The fourth-order valence-electron chi connectivity index (χ4n) is 3.03. The Morgan fingerprint density at radius 2 is 2.17 bits per heavy atom. The van der Waals surface area contributed by atoms with E-state index in [2.05, 4.69) is 10.6 Å². The van der Waals surface area contributed by atoms with Crippen LogP contribution in [0.3, 0.4) is 0 Å². The minimum Gasteiger partial charge on any atom is -0.354 e. The molecule has 1 aliphatic heterocycles. The van der Waals surface area contributed by atoms with Gasteiger partial charge < -0.3 is 10.6 Å². The molecule has 4 amide bonds. The summed E-state index contributed by atoms with van der Waals surface area (Å²) in [5, 5.41) is 5.36. The topological polar surface area (TPSA) is 78.5 Å². The van der Waals surface area contributed by atoms with Crippen LogP contribution in [0.4, 0.5) is 9.18 Å². The van der Waals surface area contributed by atoms with Crippen LogP contribution < -0.4 is 10.6 Å². The SMILES string of the molecule is CC1(C2CC2)NC(=O)N(CC(=O)NCCc2cccc(F)c2)C1=O. The van der Waals surface area contributed by atoms with Gasteiger partial charge >= 0.3 is 6.03 Å². The number of benzene rings is 1. The fraction of sp³-hybridized carbons (Fsp3) is 0.471. The molecule has 1 saturated heterocycles. The second-order valence-electron chi connectivity index (χ2n) is 6.53. The first-order valence-electron chi connectivity index (χ1n) is 8.05. The van der Waals surface area contributed by atoms with Crippen molar-refractivity contribution >= 4 is 17.8 Å². The molecule has 0 spiro atoms. The summed E-state index contributed by atoms with van der Waals surface area (Å²) in [4.78, 5) is 37.3. The predicted octanol–water partition coefficient (Wildman–Crippen LogP) is 1.20. The smallest absolute Gasteiger partial charge is 0.325 e. The Kier molecular flexibility index (Phi) is 4.26. The van der Waals surface area contributed by atoms with Gasteiger partial charge in [0.2, 0.25) is 5.91 Å². The zero-order valence-corrected chi connectivity index (χ0v) is 13.5. The lowest BCUT2D eigenvalue weighted by Crippen LogP contribution is -2.47. The molecule has 2 aliphatic rings. The lowest BCUT2D eigenvalue weighted by molar-refractivity contribution is -0.135. The third-order valence-electron chi connectivity index (χ3n) is 4.62. The molecule has 1 aromatic carbocycles. The summed E-state index contributed by atoms with van der Waals surface area (Å²) in [7, 11) is 0. The van der Waals surface area contributed by atoms with Crippen LogP contribution >= 0.6 is 0 Å². The molecule has 1 unspecified atom stereocenters. The molecule has 2 N–H and O–H groups in total. The first-order chi connectivity index (χ1) is 11.4. The first kappa shape index (κ1) is 16.4. The van der Waals surface area contributed by atoms with Crippen molar-refractivity contribution in [1.82, 2.24) is 15.5 Å². The second-order valence-corrected chi connectivity index (χ2v) is 6.53. The van der Waals surface area contributed by atoms with Gasteiger partial charge in [0.15, 0.2) is 0 Å². The van der Waals surface area contributed by atoms with E-state index in [0.29, 0.717) is 13.0 Å². The number of nitrogens with zero attached hydrogens (tertiary/aromatic N) is 1. The van der Waals surface area contributed by atoms with Gasteiger partial charge in [0.1, 0.15) is 17.9 Å². The Morgan fingerprint density at radius 1 is 1.42 bits per heavy atom. The largest absolute Gasteiger partial charge is 0.354 e. The molecule has 2 fully saturated rings. The molecule has 0 aromatic heterocycles. The van der Waals surface area contributed by atoms with Crippen molar-refractivity contribution in [2.24, 2.45) is 5.92 Å². The number of carbonyl (C=O) groups is 3. The zero-order chi connectivity index (χ0) is 17.3. The van der Waals surface area contributed by atoms with Crippen molar-refractivity contribution in [3.63, 3.8) is 0 Å². The maximum Gasteiger partial charge on any atom is 0.325 e. The van der Waals surface area contributed by atoms with Crippen molar-refractivity contribution < 1.29 is 18.8 Å². The Hall–Kier alpha value is -2.44. The molecule has 7 heteroatoms. The number of nitrogens with one attached hydrogen (secondary N) is 2. The van der Waals surface area contributed by atoms with Gasteiger partial charge in [0.25, 0.3) is 5.91 Å². The standard InChI is InChI=1S/C17H20FN3O3/c1-17(12-5-6-12)15(23)21(16(24)20-17)10-14(22)19-8-7-11-3-2-4-13(18)9-11/h2-4,9,12H,5-8,10H2,1H3,(H,19,22)(H,20,24). The van der Waals surface area contributed by atoms with Gasteiger partial charge in [-0.25, -0.2) is 9.18 Å². The molecule has 1 atom stereocenters. The summed E-state index contributed by atoms with van der Waals surface area (Å²) in [5.41, 5.74) is -0.106. The Balaban J connectivity index is 1.50. The van der Waals surface area contributed by atoms with Gasteiger partial charge in [-0.1, -0.05) is 12.1 Å². The van der Waals surface area contributed by atoms with E-state index in [9.17, 15) is 18.8 Å². The van der Waals surface area contributed by atoms with Gasteiger partial charge in [-0.05, 0) is 49.8 Å². The highest BCUT2D eigenvalue weighted by Gasteiger charge is 2.56. The van der Waals surface area contributed by atoms with Crippen LogP contribution in [0.15, 0.2) is 24.3 Å². The number of hydrogen-bond acceptors (Lipinski definition) is 3. The van der Waals surface area contributed by atoms with Crippen LogP contribution in [0.5, 0.6) is 0 Å². The Morgan fingerprint density at radius 3 is 2.83 bits per heavy atom. The van der Waals surface area contributed by atoms with E-state index in [1.165, 1.54) is 12.1 Å². The van der Waals surface area contributed by atoms with Gasteiger partial charge in [-0.2, -0.15) is 0 Å². The molecule has 3 rings (SSSR count). The molecular formula is C17H20FN3O3. The quantitative estimate of drug-likeness (QED) is 0.768. The van der Waals surface area contributed by atoms with Crippen LogP contribution in [0.1, 0.15) is 25.3 Å². The van der Waals surface area contributed by atoms with E-state index >= 15 is 0 Å². The molecular weight excluding hydrogens is 313 g/mol. The Labute approximate surface area is 139 Å². The molecule has 1 aromatic rings. The number of imide groups is 1. The molecule has 24 heavy (non-hydrogen) atoms. The van der Waals surface area contributed by atoms with Gasteiger partial charge in [-0.15, -0.1) is 0 Å². The highest BCUT2D eigenvalue weighted by atomic mass is 19.1. The Bertz CT molecular complexity index is 689. The van der Waals surface area contributed by atoms with Crippen molar-refractivity contribution in [1.29, 1.82) is 0 Å². The summed E-state index contributed by atoms with van der Waals surface area (Å²) in [6.07, 6.45) is 2.30. The summed E-state index contributed by atoms with van der Waals surface area (Å²) >= 11 is 0. The summed E-state index contributed by atoms with van der Waals surface area (Å²) in [5.74, 6) is -0.905. The van der Waals surface area contributed by atoms with E-state index in [4.69, 9.17) is 0 Å². The third kappa shape index (κ3) is 3.25. The average Bonchev–Trinajstić information content (AvgIpc) is 3.34. The molecule has 1 heterocycles. The van der Waals surface area contributed by atoms with Crippen LogP contribution in [-0.4, -0.2) is 41.4 Å². The van der Waals surface area contributed by atoms with E-state index in [1.807, 2.05) is 0 Å². The highest BCUT2D eigenvalue weighted by Crippen LogP contribution is 2.42. The van der Waals surface area contributed by atoms with Crippen molar-refractivity contribution in [2.45, 2.75) is 31.7 Å². The maximum atomic E-state index is 13.1. The van der Waals surface area contributed by atoms with Crippen molar-refractivity contribution in [3.05, 3.63) is 35.6 Å².